The minimum atomic E-state index is -0.203. The van der Waals surface area contributed by atoms with Gasteiger partial charge in [0, 0.05) is 44.1 Å². The van der Waals surface area contributed by atoms with E-state index in [0.717, 1.165) is 0 Å². The number of benzene rings is 2. The number of Topliss-reactive ketones (excluding diaryl/α,β-unsaturated/α-hetero) is 1. The smallest absolute Gasteiger partial charge is 0.229 e. The lowest BCUT2D eigenvalue weighted by molar-refractivity contribution is 0.0982. The SMILES string of the molecule is COc1cc(OC)cc(O/C(=C\N(C)C)C(=O)c2ccccc2)c1. The number of hydrogen-bond donors (Lipinski definition) is 0. The van der Waals surface area contributed by atoms with Gasteiger partial charge in [0.15, 0.2) is 5.76 Å². The number of nitrogens with zero attached hydrogens (tertiary/aromatic N) is 1. The Bertz CT molecular complexity index is 701. The number of allylic oxidation sites excluding steroid dienone is 1. The molecule has 0 radical (unpaired) electrons. The summed E-state index contributed by atoms with van der Waals surface area (Å²) in [6.45, 7) is 0. The number of carbonyl (C=O) groups is 1. The number of ether oxygens (including phenoxy) is 3. The fourth-order valence-corrected chi connectivity index (χ4v) is 2.06. The molecule has 0 aliphatic carbocycles. The molecule has 0 saturated heterocycles. The Hall–Kier alpha value is -2.95. The monoisotopic (exact) mass is 327 g/mol. The normalized spacial score (nSPS) is 10.9. The van der Waals surface area contributed by atoms with E-state index < -0.39 is 0 Å². The highest BCUT2D eigenvalue weighted by molar-refractivity contribution is 6.07. The molecule has 0 unspecified atom stereocenters. The summed E-state index contributed by atoms with van der Waals surface area (Å²) < 4.78 is 16.3. The second-order valence-corrected chi connectivity index (χ2v) is 5.30. The van der Waals surface area contributed by atoms with Crippen molar-refractivity contribution < 1.29 is 19.0 Å². The predicted octanol–water partition coefficient (Wildman–Crippen LogP) is 3.37. The Kier molecular flexibility index (Phi) is 5.84. The van der Waals surface area contributed by atoms with Crippen LogP contribution in [0.1, 0.15) is 10.4 Å². The Balaban J connectivity index is 2.35. The largest absolute Gasteiger partial charge is 0.496 e. The van der Waals surface area contributed by atoms with Crippen molar-refractivity contribution in [3.63, 3.8) is 0 Å². The van der Waals surface area contributed by atoms with Gasteiger partial charge < -0.3 is 19.1 Å². The van der Waals surface area contributed by atoms with E-state index in [1.165, 1.54) is 0 Å². The molecule has 0 N–H and O–H groups in total. The Morgan fingerprint density at radius 2 is 1.46 bits per heavy atom. The van der Waals surface area contributed by atoms with Gasteiger partial charge >= 0.3 is 0 Å². The third kappa shape index (κ3) is 4.52. The van der Waals surface area contributed by atoms with E-state index in [4.69, 9.17) is 14.2 Å². The third-order valence-corrected chi connectivity index (χ3v) is 3.19. The van der Waals surface area contributed by atoms with Crippen LogP contribution in [0.3, 0.4) is 0 Å². The van der Waals surface area contributed by atoms with Crippen molar-refractivity contribution in [3.05, 3.63) is 66.1 Å². The van der Waals surface area contributed by atoms with Crippen LogP contribution >= 0.6 is 0 Å². The van der Waals surface area contributed by atoms with Crippen molar-refractivity contribution in [2.45, 2.75) is 0 Å². The van der Waals surface area contributed by atoms with Crippen LogP contribution in [0.2, 0.25) is 0 Å². The van der Waals surface area contributed by atoms with Gasteiger partial charge in [0.05, 0.1) is 14.2 Å². The summed E-state index contributed by atoms with van der Waals surface area (Å²) in [5.74, 6) is 1.64. The number of methoxy groups -OCH3 is 2. The van der Waals surface area contributed by atoms with Crippen molar-refractivity contribution >= 4 is 5.78 Å². The van der Waals surface area contributed by atoms with Crippen LogP contribution in [-0.4, -0.2) is 39.0 Å². The molecule has 0 heterocycles. The van der Waals surface area contributed by atoms with Crippen LogP contribution in [0.5, 0.6) is 17.2 Å². The van der Waals surface area contributed by atoms with Crippen LogP contribution in [-0.2, 0) is 0 Å². The summed E-state index contributed by atoms with van der Waals surface area (Å²) in [7, 11) is 6.77. The lowest BCUT2D eigenvalue weighted by Gasteiger charge is -2.14. The number of ketones is 1. The fraction of sp³-hybridized carbons (Fsp3) is 0.211. The molecule has 0 aromatic heterocycles. The molecule has 126 valence electrons. The van der Waals surface area contributed by atoms with E-state index in [0.29, 0.717) is 22.8 Å². The predicted molar refractivity (Wildman–Crippen MR) is 92.7 cm³/mol. The highest BCUT2D eigenvalue weighted by Gasteiger charge is 2.16. The summed E-state index contributed by atoms with van der Waals surface area (Å²) in [5, 5.41) is 0. The van der Waals surface area contributed by atoms with E-state index in [2.05, 4.69) is 0 Å². The lowest BCUT2D eigenvalue weighted by Crippen LogP contribution is -2.14. The zero-order valence-electron chi connectivity index (χ0n) is 14.3. The van der Waals surface area contributed by atoms with E-state index >= 15 is 0 Å². The van der Waals surface area contributed by atoms with Gasteiger partial charge in [-0.05, 0) is 0 Å². The first kappa shape index (κ1) is 17.4. The first-order valence-electron chi connectivity index (χ1n) is 7.42. The van der Waals surface area contributed by atoms with Gasteiger partial charge in [-0.2, -0.15) is 0 Å². The van der Waals surface area contributed by atoms with Crippen molar-refractivity contribution in [1.29, 1.82) is 0 Å². The Morgan fingerprint density at radius 1 is 0.917 bits per heavy atom. The first-order chi connectivity index (χ1) is 11.5. The van der Waals surface area contributed by atoms with Crippen LogP contribution in [0.25, 0.3) is 0 Å². The molecular weight excluding hydrogens is 306 g/mol. The quantitative estimate of drug-likeness (QED) is 0.443. The van der Waals surface area contributed by atoms with Gasteiger partial charge in [-0.15, -0.1) is 0 Å². The molecule has 5 heteroatoms. The maximum atomic E-state index is 12.7. The molecule has 0 bridgehead atoms. The Morgan fingerprint density at radius 3 is 1.96 bits per heavy atom. The van der Waals surface area contributed by atoms with Gasteiger partial charge in [-0.1, -0.05) is 30.3 Å². The molecule has 2 rings (SSSR count). The summed E-state index contributed by atoms with van der Waals surface area (Å²) in [5.41, 5.74) is 0.556. The summed E-state index contributed by atoms with van der Waals surface area (Å²) in [6, 6.07) is 14.1. The highest BCUT2D eigenvalue weighted by atomic mass is 16.5. The number of rotatable bonds is 7. The Labute approximate surface area is 142 Å². The van der Waals surface area contributed by atoms with Crippen LogP contribution in [0.4, 0.5) is 0 Å². The fourth-order valence-electron chi connectivity index (χ4n) is 2.06. The zero-order chi connectivity index (χ0) is 17.5. The summed E-state index contributed by atoms with van der Waals surface area (Å²) in [4.78, 5) is 14.5. The van der Waals surface area contributed by atoms with E-state index in [1.807, 2.05) is 32.3 Å². The molecule has 0 amide bonds. The minimum absolute atomic E-state index is 0.203. The van der Waals surface area contributed by atoms with Gasteiger partial charge in [-0.3, -0.25) is 4.79 Å². The molecule has 2 aromatic rings. The number of carbonyl (C=O) groups excluding carboxylic acids is 1. The van der Waals surface area contributed by atoms with Gasteiger partial charge in [0.25, 0.3) is 0 Å². The van der Waals surface area contributed by atoms with Crippen molar-refractivity contribution in [2.75, 3.05) is 28.3 Å². The lowest BCUT2D eigenvalue weighted by atomic mass is 10.1. The molecule has 0 aliphatic heterocycles. The molecule has 0 spiro atoms. The zero-order valence-corrected chi connectivity index (χ0v) is 14.3. The average molecular weight is 327 g/mol. The maximum absolute atomic E-state index is 12.7. The maximum Gasteiger partial charge on any atom is 0.229 e. The standard InChI is InChI=1S/C19H21NO4/c1-20(2)13-18(19(21)14-8-6-5-7-9-14)24-17-11-15(22-3)10-16(12-17)23-4/h5-13H,1-4H3/b18-13-. The first-order valence-corrected chi connectivity index (χ1v) is 7.42. The topological polar surface area (TPSA) is 48.0 Å². The molecule has 0 aliphatic rings. The second kappa shape index (κ2) is 8.06. The number of hydrogen-bond acceptors (Lipinski definition) is 5. The van der Waals surface area contributed by atoms with Crippen molar-refractivity contribution in [2.24, 2.45) is 0 Å². The van der Waals surface area contributed by atoms with Gasteiger partial charge in [-0.25, -0.2) is 0 Å². The summed E-state index contributed by atoms with van der Waals surface area (Å²) >= 11 is 0. The molecule has 2 aromatic carbocycles. The van der Waals surface area contributed by atoms with E-state index in [-0.39, 0.29) is 11.5 Å². The van der Waals surface area contributed by atoms with Crippen LogP contribution in [0.15, 0.2) is 60.5 Å². The van der Waals surface area contributed by atoms with Gasteiger partial charge in [0.1, 0.15) is 17.2 Å². The second-order valence-electron chi connectivity index (χ2n) is 5.30. The minimum Gasteiger partial charge on any atom is -0.496 e. The highest BCUT2D eigenvalue weighted by Crippen LogP contribution is 2.29. The van der Waals surface area contributed by atoms with Crippen molar-refractivity contribution in [1.82, 2.24) is 4.90 Å². The molecule has 0 atom stereocenters. The average Bonchev–Trinajstić information content (AvgIpc) is 2.60. The van der Waals surface area contributed by atoms with E-state index in [1.54, 1.807) is 55.7 Å². The molecule has 0 saturated carbocycles. The molecule has 5 nitrogen and oxygen atoms in total. The van der Waals surface area contributed by atoms with E-state index in [9.17, 15) is 4.79 Å². The van der Waals surface area contributed by atoms with Crippen LogP contribution < -0.4 is 14.2 Å². The third-order valence-electron chi connectivity index (χ3n) is 3.19. The van der Waals surface area contributed by atoms with Gasteiger partial charge in [0.2, 0.25) is 5.78 Å². The molecule has 24 heavy (non-hydrogen) atoms. The molecular formula is C19H21NO4. The van der Waals surface area contributed by atoms with Crippen LogP contribution in [0, 0.1) is 0 Å². The molecule has 0 fully saturated rings. The summed E-state index contributed by atoms with van der Waals surface area (Å²) in [6.07, 6.45) is 1.64. The van der Waals surface area contributed by atoms with Crippen molar-refractivity contribution in [3.8, 4) is 17.2 Å².